The number of carbonyl (C=O) groups excluding carboxylic acids is 1. The van der Waals surface area contributed by atoms with Crippen LogP contribution < -0.4 is 9.47 Å². The largest absolute Gasteiger partial charge is 0.489 e. The standard InChI is InChI=1S/C22H23NO4/c1-22(13-14-23(25)21(24)16-22)17-27-20-12-6-5-11-19(20)26-15-7-10-18-8-3-2-4-9-18/h2-14,25H,15-17H2,1H3/b10-7+. The molecule has 2 aromatic carbocycles. The van der Waals surface area contributed by atoms with E-state index in [1.165, 1.54) is 6.20 Å². The molecule has 140 valence electrons. The number of benzene rings is 2. The van der Waals surface area contributed by atoms with Gasteiger partial charge in [0.25, 0.3) is 5.91 Å². The highest BCUT2D eigenvalue weighted by Gasteiger charge is 2.31. The first-order valence-electron chi connectivity index (χ1n) is 8.82. The van der Waals surface area contributed by atoms with Gasteiger partial charge in [-0.25, -0.2) is 0 Å². The molecule has 27 heavy (non-hydrogen) atoms. The molecule has 1 amide bonds. The molecule has 3 rings (SSSR count). The van der Waals surface area contributed by atoms with Gasteiger partial charge in [-0.3, -0.25) is 10.0 Å². The Morgan fingerprint density at radius 3 is 2.44 bits per heavy atom. The van der Waals surface area contributed by atoms with Gasteiger partial charge in [0.1, 0.15) is 6.61 Å². The Morgan fingerprint density at radius 1 is 1.07 bits per heavy atom. The van der Waals surface area contributed by atoms with E-state index in [1.807, 2.05) is 73.7 Å². The lowest BCUT2D eigenvalue weighted by Gasteiger charge is -2.30. The van der Waals surface area contributed by atoms with Crippen LogP contribution in [0.25, 0.3) is 6.08 Å². The van der Waals surface area contributed by atoms with Crippen molar-refractivity contribution in [3.8, 4) is 11.5 Å². The van der Waals surface area contributed by atoms with Crippen LogP contribution in [0.3, 0.4) is 0 Å². The molecule has 1 unspecified atom stereocenters. The van der Waals surface area contributed by atoms with E-state index in [0.29, 0.717) is 29.8 Å². The molecule has 5 nitrogen and oxygen atoms in total. The maximum Gasteiger partial charge on any atom is 0.251 e. The van der Waals surface area contributed by atoms with Gasteiger partial charge in [0.2, 0.25) is 0 Å². The molecule has 0 aromatic heterocycles. The summed E-state index contributed by atoms with van der Waals surface area (Å²) in [6, 6.07) is 17.5. The summed E-state index contributed by atoms with van der Waals surface area (Å²) in [6.45, 7) is 2.65. The van der Waals surface area contributed by atoms with Crippen molar-refractivity contribution in [2.24, 2.45) is 5.41 Å². The van der Waals surface area contributed by atoms with Crippen molar-refractivity contribution < 1.29 is 19.5 Å². The molecule has 0 saturated heterocycles. The summed E-state index contributed by atoms with van der Waals surface area (Å²) in [5.74, 6) is 0.923. The first-order valence-corrected chi connectivity index (χ1v) is 8.82. The number of hydrogen-bond donors (Lipinski definition) is 1. The highest BCUT2D eigenvalue weighted by Crippen LogP contribution is 2.32. The Morgan fingerprint density at radius 2 is 1.74 bits per heavy atom. The molecule has 2 aromatic rings. The second kappa shape index (κ2) is 8.56. The van der Waals surface area contributed by atoms with E-state index in [9.17, 15) is 10.0 Å². The van der Waals surface area contributed by atoms with Crippen molar-refractivity contribution in [3.05, 3.63) is 78.5 Å². The van der Waals surface area contributed by atoms with E-state index >= 15 is 0 Å². The average molecular weight is 365 g/mol. The molecule has 0 aliphatic carbocycles. The van der Waals surface area contributed by atoms with Gasteiger partial charge < -0.3 is 9.47 Å². The monoisotopic (exact) mass is 365 g/mol. The minimum absolute atomic E-state index is 0.183. The summed E-state index contributed by atoms with van der Waals surface area (Å²) in [5.41, 5.74) is 0.640. The Kier molecular flexibility index (Phi) is 5.94. The zero-order chi connectivity index (χ0) is 19.1. The number of hydrogen-bond acceptors (Lipinski definition) is 4. The summed E-state index contributed by atoms with van der Waals surface area (Å²) in [4.78, 5) is 11.7. The van der Waals surface area contributed by atoms with Gasteiger partial charge in [0.05, 0.1) is 6.61 Å². The minimum atomic E-state index is -0.476. The molecule has 1 aliphatic rings. The van der Waals surface area contributed by atoms with Crippen molar-refractivity contribution in [2.75, 3.05) is 13.2 Å². The predicted molar refractivity (Wildman–Crippen MR) is 103 cm³/mol. The molecule has 0 radical (unpaired) electrons. The zero-order valence-corrected chi connectivity index (χ0v) is 15.2. The van der Waals surface area contributed by atoms with Gasteiger partial charge in [0.15, 0.2) is 11.5 Å². The van der Waals surface area contributed by atoms with Crippen molar-refractivity contribution >= 4 is 12.0 Å². The first kappa shape index (κ1) is 18.7. The van der Waals surface area contributed by atoms with Crippen molar-refractivity contribution in [1.29, 1.82) is 0 Å². The maximum absolute atomic E-state index is 11.7. The Bertz CT molecular complexity index is 831. The number of rotatable bonds is 7. The molecule has 0 saturated carbocycles. The quantitative estimate of drug-likeness (QED) is 0.743. The normalized spacial score (nSPS) is 19.5. The van der Waals surface area contributed by atoms with Crippen molar-refractivity contribution in [1.82, 2.24) is 5.06 Å². The highest BCUT2D eigenvalue weighted by atomic mass is 16.5. The molecule has 0 bridgehead atoms. The highest BCUT2D eigenvalue weighted by molar-refractivity contribution is 5.78. The van der Waals surface area contributed by atoms with E-state index in [1.54, 1.807) is 6.08 Å². The zero-order valence-electron chi connectivity index (χ0n) is 15.2. The topological polar surface area (TPSA) is 59.0 Å². The number of para-hydroxylation sites is 2. The Balaban J connectivity index is 1.58. The summed E-state index contributed by atoms with van der Waals surface area (Å²) in [6.07, 6.45) is 7.28. The van der Waals surface area contributed by atoms with Crippen LogP contribution in [0.4, 0.5) is 0 Å². The second-order valence-corrected chi connectivity index (χ2v) is 6.74. The van der Waals surface area contributed by atoms with E-state index < -0.39 is 5.41 Å². The summed E-state index contributed by atoms with van der Waals surface area (Å²) in [7, 11) is 0. The first-order chi connectivity index (χ1) is 13.1. The van der Waals surface area contributed by atoms with Crippen LogP contribution in [0, 0.1) is 5.41 Å². The van der Waals surface area contributed by atoms with Crippen LogP contribution >= 0.6 is 0 Å². The van der Waals surface area contributed by atoms with Gasteiger partial charge in [-0.05, 0) is 23.8 Å². The molecule has 0 fully saturated rings. The minimum Gasteiger partial charge on any atom is -0.489 e. The number of carbonyl (C=O) groups is 1. The fourth-order valence-corrected chi connectivity index (χ4v) is 2.74. The molecular weight excluding hydrogens is 342 g/mol. The van der Waals surface area contributed by atoms with Crippen LogP contribution in [0.1, 0.15) is 18.9 Å². The number of ether oxygens (including phenoxy) is 2. The lowest BCUT2D eigenvalue weighted by molar-refractivity contribution is -0.158. The van der Waals surface area contributed by atoms with Crippen LogP contribution in [0.5, 0.6) is 11.5 Å². The van der Waals surface area contributed by atoms with E-state index in [-0.39, 0.29) is 12.3 Å². The molecule has 5 heteroatoms. The van der Waals surface area contributed by atoms with Crippen molar-refractivity contribution in [2.45, 2.75) is 13.3 Å². The fraction of sp³-hybridized carbons (Fsp3) is 0.227. The Labute approximate surface area is 159 Å². The van der Waals surface area contributed by atoms with E-state index in [2.05, 4.69) is 0 Å². The Hall–Kier alpha value is -3.05. The molecule has 1 N–H and O–H groups in total. The van der Waals surface area contributed by atoms with Crippen LogP contribution in [0.2, 0.25) is 0 Å². The fourth-order valence-electron chi connectivity index (χ4n) is 2.74. The number of nitrogens with zero attached hydrogens (tertiary/aromatic N) is 1. The average Bonchev–Trinajstić information content (AvgIpc) is 2.69. The van der Waals surface area contributed by atoms with Gasteiger partial charge in [-0.2, -0.15) is 5.06 Å². The number of hydroxylamine groups is 2. The van der Waals surface area contributed by atoms with E-state index in [0.717, 1.165) is 5.56 Å². The smallest absolute Gasteiger partial charge is 0.251 e. The third kappa shape index (κ3) is 5.21. The second-order valence-electron chi connectivity index (χ2n) is 6.74. The molecule has 1 heterocycles. The molecule has 1 aliphatic heterocycles. The molecular formula is C22H23NO4. The lowest BCUT2D eigenvalue weighted by atomic mass is 9.85. The van der Waals surface area contributed by atoms with E-state index in [4.69, 9.17) is 9.47 Å². The lowest BCUT2D eigenvalue weighted by Crippen LogP contribution is -2.36. The number of amides is 1. The van der Waals surface area contributed by atoms with Gasteiger partial charge in [-0.1, -0.05) is 61.5 Å². The third-order valence-electron chi connectivity index (χ3n) is 4.28. The predicted octanol–water partition coefficient (Wildman–Crippen LogP) is 4.30. The van der Waals surface area contributed by atoms with Crippen LogP contribution in [0.15, 0.2) is 72.9 Å². The summed E-state index contributed by atoms with van der Waals surface area (Å²) in [5, 5.41) is 9.98. The third-order valence-corrected chi connectivity index (χ3v) is 4.28. The maximum atomic E-state index is 11.7. The SMILES string of the molecule is CC1(COc2ccccc2OC/C=C/c2ccccc2)C=CN(O)C(=O)C1. The van der Waals surface area contributed by atoms with Gasteiger partial charge in [-0.15, -0.1) is 0 Å². The van der Waals surface area contributed by atoms with Crippen LogP contribution in [-0.2, 0) is 4.79 Å². The van der Waals surface area contributed by atoms with Crippen molar-refractivity contribution in [3.63, 3.8) is 0 Å². The molecule has 0 spiro atoms. The summed E-state index contributed by atoms with van der Waals surface area (Å²) < 4.78 is 11.8. The molecule has 1 atom stereocenters. The van der Waals surface area contributed by atoms with Gasteiger partial charge in [0, 0.05) is 18.0 Å². The van der Waals surface area contributed by atoms with Gasteiger partial charge >= 0.3 is 0 Å². The summed E-state index contributed by atoms with van der Waals surface area (Å²) >= 11 is 0. The van der Waals surface area contributed by atoms with Crippen LogP contribution in [-0.4, -0.2) is 29.4 Å².